The Labute approximate surface area is 241 Å². The van der Waals surface area contributed by atoms with Crippen LogP contribution in [-0.2, 0) is 18.0 Å². The van der Waals surface area contributed by atoms with Crippen molar-refractivity contribution in [3.63, 3.8) is 0 Å². The summed E-state index contributed by atoms with van der Waals surface area (Å²) in [6.07, 6.45) is 3.54. The molecule has 8 nitrogen and oxygen atoms in total. The number of anilines is 1. The standard InChI is InChI=1S/C29H24F4N6O2S/c30-19-9-36-24(21-15(7-34)27(35)42-25(19)21)20-18-11-40-10-17(18)16-8-37-28(38-23(16)22(20)31)41-13-29(3-4-29)12-39-5-1-14(2-6-39)26(32)33/h8-9H,1-6,10-13,35H2. The van der Waals surface area contributed by atoms with Gasteiger partial charge in [-0.15, -0.1) is 11.3 Å². The Balaban J connectivity index is 1.22. The van der Waals surface area contributed by atoms with Gasteiger partial charge in [-0.1, -0.05) is 0 Å². The molecule has 5 heterocycles. The number of nitrogen functional groups attached to an aromatic ring is 1. The van der Waals surface area contributed by atoms with Crippen molar-refractivity contribution in [2.45, 2.75) is 38.9 Å². The molecule has 13 heteroatoms. The Morgan fingerprint density at radius 1 is 1.14 bits per heavy atom. The molecule has 7 rings (SSSR count). The predicted octanol–water partition coefficient (Wildman–Crippen LogP) is 6.07. The second-order valence-electron chi connectivity index (χ2n) is 11.1. The van der Waals surface area contributed by atoms with Crippen molar-refractivity contribution in [2.75, 3.05) is 32.0 Å². The number of nitrogens with zero attached hydrogens (tertiary/aromatic N) is 5. The van der Waals surface area contributed by atoms with Gasteiger partial charge in [0.2, 0.25) is 0 Å². The van der Waals surface area contributed by atoms with E-state index in [1.165, 1.54) is 6.20 Å². The van der Waals surface area contributed by atoms with Crippen LogP contribution >= 0.6 is 11.3 Å². The van der Waals surface area contributed by atoms with E-state index in [-0.39, 0.29) is 67.6 Å². The van der Waals surface area contributed by atoms with E-state index in [1.54, 1.807) is 0 Å². The number of hydrogen-bond donors (Lipinski definition) is 1. The number of likely N-dealkylation sites (tertiary alicyclic amines) is 1. The maximum absolute atomic E-state index is 16.4. The summed E-state index contributed by atoms with van der Waals surface area (Å²) in [5.41, 5.74) is 7.57. The van der Waals surface area contributed by atoms with Gasteiger partial charge in [-0.3, -0.25) is 4.98 Å². The number of rotatable bonds is 6. The van der Waals surface area contributed by atoms with Gasteiger partial charge in [0.05, 0.1) is 42.0 Å². The summed E-state index contributed by atoms with van der Waals surface area (Å²) in [6.45, 7) is 2.50. The van der Waals surface area contributed by atoms with E-state index in [0.717, 1.165) is 36.9 Å². The lowest BCUT2D eigenvalue weighted by atomic mass is 9.94. The van der Waals surface area contributed by atoms with Crippen molar-refractivity contribution >= 4 is 37.3 Å². The van der Waals surface area contributed by atoms with E-state index in [1.807, 2.05) is 6.07 Å². The molecule has 2 fully saturated rings. The molecule has 0 bridgehead atoms. The summed E-state index contributed by atoms with van der Waals surface area (Å²) in [6, 6.07) is 2.01. The average Bonchev–Trinajstić information content (AvgIpc) is 3.40. The molecule has 1 aromatic carbocycles. The Hall–Kier alpha value is -3.86. The highest BCUT2D eigenvalue weighted by atomic mass is 32.1. The second kappa shape index (κ2) is 10.1. The smallest absolute Gasteiger partial charge is 0.317 e. The summed E-state index contributed by atoms with van der Waals surface area (Å²) in [4.78, 5) is 15.2. The van der Waals surface area contributed by atoms with Crippen molar-refractivity contribution in [3.05, 3.63) is 52.4 Å². The third-order valence-corrected chi connectivity index (χ3v) is 9.50. The fourth-order valence-electron chi connectivity index (χ4n) is 5.99. The van der Waals surface area contributed by atoms with E-state index >= 15 is 4.39 Å². The first-order valence-electron chi connectivity index (χ1n) is 13.5. The van der Waals surface area contributed by atoms with Gasteiger partial charge in [-0.25, -0.2) is 13.8 Å². The fourth-order valence-corrected chi connectivity index (χ4v) is 6.91. The van der Waals surface area contributed by atoms with Gasteiger partial charge in [-0.05, 0) is 42.4 Å². The SMILES string of the molecule is N#Cc1c(N)sc2c(F)cnc(-c3c4c(c5cnc(OCC6(CN7CCC(=C(F)F)CC7)CC6)nc5c3F)COC4)c12. The highest BCUT2D eigenvalue weighted by Gasteiger charge is 2.45. The molecule has 2 aliphatic heterocycles. The molecule has 0 atom stereocenters. The van der Waals surface area contributed by atoms with Crippen molar-refractivity contribution in [2.24, 2.45) is 5.41 Å². The zero-order chi connectivity index (χ0) is 29.2. The second-order valence-corrected chi connectivity index (χ2v) is 12.1. The summed E-state index contributed by atoms with van der Waals surface area (Å²) >= 11 is 0.914. The number of fused-ring (bicyclic) bond motifs is 4. The Morgan fingerprint density at radius 3 is 2.62 bits per heavy atom. The zero-order valence-electron chi connectivity index (χ0n) is 22.3. The molecule has 0 radical (unpaired) electrons. The third kappa shape index (κ3) is 4.45. The van der Waals surface area contributed by atoms with Gasteiger partial charge >= 0.3 is 6.01 Å². The molecule has 3 aliphatic rings. The number of nitriles is 1. The molecule has 216 valence electrons. The van der Waals surface area contributed by atoms with Crippen LogP contribution in [0.5, 0.6) is 6.01 Å². The molecule has 42 heavy (non-hydrogen) atoms. The Bertz CT molecular complexity index is 1830. The summed E-state index contributed by atoms with van der Waals surface area (Å²) < 4.78 is 68.7. The number of halogens is 4. The lowest BCUT2D eigenvalue weighted by molar-refractivity contribution is 0.135. The van der Waals surface area contributed by atoms with E-state index in [4.69, 9.17) is 15.2 Å². The van der Waals surface area contributed by atoms with E-state index in [0.29, 0.717) is 49.1 Å². The normalized spacial score (nSPS) is 17.9. The van der Waals surface area contributed by atoms with Gasteiger partial charge in [-0.2, -0.15) is 19.0 Å². The van der Waals surface area contributed by atoms with Crippen LogP contribution in [0.1, 0.15) is 42.4 Å². The van der Waals surface area contributed by atoms with Crippen LogP contribution in [0.3, 0.4) is 0 Å². The lowest BCUT2D eigenvalue weighted by Gasteiger charge is -2.31. The summed E-state index contributed by atoms with van der Waals surface area (Å²) in [7, 11) is 0. The van der Waals surface area contributed by atoms with Crippen molar-refractivity contribution in [1.82, 2.24) is 19.9 Å². The molecule has 0 amide bonds. The minimum absolute atomic E-state index is 0.00803. The zero-order valence-corrected chi connectivity index (χ0v) is 23.1. The Morgan fingerprint density at radius 2 is 1.90 bits per heavy atom. The van der Waals surface area contributed by atoms with E-state index in [9.17, 15) is 18.4 Å². The van der Waals surface area contributed by atoms with E-state index in [2.05, 4.69) is 19.9 Å². The van der Waals surface area contributed by atoms with Crippen LogP contribution in [0.2, 0.25) is 0 Å². The number of benzene rings is 1. The first-order valence-corrected chi connectivity index (χ1v) is 14.3. The van der Waals surface area contributed by atoms with Gasteiger partial charge < -0.3 is 20.1 Å². The summed E-state index contributed by atoms with van der Waals surface area (Å²) in [5.74, 6) is -1.35. The highest BCUT2D eigenvalue weighted by molar-refractivity contribution is 7.23. The van der Waals surface area contributed by atoms with Crippen LogP contribution in [0.25, 0.3) is 32.2 Å². The molecule has 4 aromatic rings. The molecular formula is C29H24F4N6O2S. The van der Waals surface area contributed by atoms with Crippen molar-refractivity contribution in [1.29, 1.82) is 5.26 Å². The maximum atomic E-state index is 16.4. The molecule has 0 unspecified atom stereocenters. The van der Waals surface area contributed by atoms with Gasteiger partial charge in [0.1, 0.15) is 16.6 Å². The van der Waals surface area contributed by atoms with Crippen LogP contribution in [0, 0.1) is 28.4 Å². The molecule has 3 aromatic heterocycles. The maximum Gasteiger partial charge on any atom is 0.317 e. The van der Waals surface area contributed by atoms with E-state index < -0.39 is 17.7 Å². The minimum Gasteiger partial charge on any atom is -0.463 e. The van der Waals surface area contributed by atoms with Crippen molar-refractivity contribution < 1.29 is 27.0 Å². The Kier molecular flexibility index (Phi) is 6.52. The predicted molar refractivity (Wildman–Crippen MR) is 148 cm³/mol. The van der Waals surface area contributed by atoms with Crippen LogP contribution < -0.4 is 10.5 Å². The summed E-state index contributed by atoms with van der Waals surface area (Å²) in [5, 5.41) is 10.5. The average molecular weight is 597 g/mol. The number of thiophene rings is 1. The number of ether oxygens (including phenoxy) is 2. The number of piperidine rings is 1. The van der Waals surface area contributed by atoms with Crippen LogP contribution in [0.4, 0.5) is 22.6 Å². The number of hydrogen-bond acceptors (Lipinski definition) is 9. The molecule has 1 saturated heterocycles. The largest absolute Gasteiger partial charge is 0.463 e. The third-order valence-electron chi connectivity index (χ3n) is 8.47. The fraction of sp³-hybridized carbons (Fsp3) is 0.379. The monoisotopic (exact) mass is 596 g/mol. The number of aromatic nitrogens is 3. The first kappa shape index (κ1) is 27.0. The number of pyridine rings is 1. The molecule has 1 aliphatic carbocycles. The van der Waals surface area contributed by atoms with Gasteiger partial charge in [0.15, 0.2) is 11.6 Å². The van der Waals surface area contributed by atoms with Gasteiger partial charge in [0.25, 0.3) is 6.08 Å². The van der Waals surface area contributed by atoms with Gasteiger partial charge in [0, 0.05) is 47.6 Å². The van der Waals surface area contributed by atoms with Crippen molar-refractivity contribution in [3.8, 4) is 23.3 Å². The minimum atomic E-state index is -1.57. The van der Waals surface area contributed by atoms with Crippen LogP contribution in [-0.4, -0.2) is 46.1 Å². The molecule has 0 spiro atoms. The lowest BCUT2D eigenvalue weighted by Crippen LogP contribution is -2.37. The molecular weight excluding hydrogens is 572 g/mol. The highest BCUT2D eigenvalue weighted by Crippen LogP contribution is 2.48. The quantitative estimate of drug-likeness (QED) is 0.267. The van der Waals surface area contributed by atoms with Crippen LogP contribution in [0.15, 0.2) is 24.0 Å². The molecule has 1 saturated carbocycles. The topological polar surface area (TPSA) is 110 Å². The first-order chi connectivity index (χ1) is 20.3. The molecule has 2 N–H and O–H groups in total. The number of nitrogens with two attached hydrogens (primary N) is 1.